The minimum absolute atomic E-state index is 0.280. The Bertz CT molecular complexity index is 458. The Labute approximate surface area is 127 Å². The van der Waals surface area contributed by atoms with E-state index in [2.05, 4.69) is 31.0 Å². The zero-order valence-electron chi connectivity index (χ0n) is 13.4. The number of hydrogen-bond acceptors (Lipinski definition) is 4. The monoisotopic (exact) mass is 292 g/mol. The summed E-state index contributed by atoms with van der Waals surface area (Å²) in [5.74, 6) is -0.458. The minimum Gasteiger partial charge on any atom is -0.399 e. The number of anilines is 2. The summed E-state index contributed by atoms with van der Waals surface area (Å²) in [4.78, 5) is 13.9. The van der Waals surface area contributed by atoms with E-state index in [1.165, 1.54) is 0 Å². The van der Waals surface area contributed by atoms with Crippen LogP contribution in [0.3, 0.4) is 0 Å². The number of nitrogens with zero attached hydrogens (tertiary/aromatic N) is 1. The second-order valence-electron chi connectivity index (χ2n) is 5.38. The average molecular weight is 292 g/mol. The summed E-state index contributed by atoms with van der Waals surface area (Å²) in [6, 6.07) is 5.49. The fourth-order valence-electron chi connectivity index (χ4n) is 2.39. The van der Waals surface area contributed by atoms with E-state index < -0.39 is 5.91 Å². The van der Waals surface area contributed by atoms with E-state index >= 15 is 0 Å². The topological polar surface area (TPSA) is 84.4 Å². The lowest BCUT2D eigenvalue weighted by atomic mass is 10.1. The van der Waals surface area contributed by atoms with Crippen molar-refractivity contribution in [3.05, 3.63) is 23.8 Å². The molecule has 118 valence electrons. The highest BCUT2D eigenvalue weighted by Gasteiger charge is 2.11. The predicted octanol–water partition coefficient (Wildman–Crippen LogP) is 2.29. The maximum absolute atomic E-state index is 11.5. The van der Waals surface area contributed by atoms with E-state index in [9.17, 15) is 4.79 Å². The SMILES string of the molecule is CCN(CC)CCCC(C)Nc1ccc(N)cc1C(N)=O. The average Bonchev–Trinajstić information content (AvgIpc) is 2.45. The molecule has 0 aliphatic rings. The quantitative estimate of drug-likeness (QED) is 0.610. The van der Waals surface area contributed by atoms with Crippen molar-refractivity contribution in [2.75, 3.05) is 30.7 Å². The molecule has 0 aliphatic heterocycles. The Hall–Kier alpha value is -1.75. The number of nitrogens with two attached hydrogens (primary N) is 2. The first-order chi connectivity index (χ1) is 9.97. The highest BCUT2D eigenvalue weighted by Crippen LogP contribution is 2.20. The van der Waals surface area contributed by atoms with Gasteiger partial charge in [0.2, 0.25) is 0 Å². The van der Waals surface area contributed by atoms with Crippen LogP contribution in [0.15, 0.2) is 18.2 Å². The molecule has 0 aliphatic carbocycles. The molecule has 0 saturated carbocycles. The van der Waals surface area contributed by atoms with Gasteiger partial charge in [0.25, 0.3) is 5.91 Å². The first-order valence-corrected chi connectivity index (χ1v) is 7.66. The van der Waals surface area contributed by atoms with Crippen LogP contribution in [0, 0.1) is 0 Å². The lowest BCUT2D eigenvalue weighted by Gasteiger charge is -2.21. The zero-order chi connectivity index (χ0) is 15.8. The van der Waals surface area contributed by atoms with Crippen molar-refractivity contribution in [1.82, 2.24) is 4.90 Å². The third-order valence-corrected chi connectivity index (χ3v) is 3.72. The predicted molar refractivity (Wildman–Crippen MR) is 89.5 cm³/mol. The molecule has 0 heterocycles. The maximum Gasteiger partial charge on any atom is 0.250 e. The van der Waals surface area contributed by atoms with Crippen molar-refractivity contribution < 1.29 is 4.79 Å². The molecule has 5 heteroatoms. The Morgan fingerprint density at radius 1 is 1.33 bits per heavy atom. The Balaban J connectivity index is 2.55. The lowest BCUT2D eigenvalue weighted by molar-refractivity contribution is 0.100. The molecular formula is C16H28N4O. The molecule has 1 unspecified atom stereocenters. The second-order valence-corrected chi connectivity index (χ2v) is 5.38. The summed E-state index contributed by atoms with van der Waals surface area (Å²) < 4.78 is 0. The number of carbonyl (C=O) groups excluding carboxylic acids is 1. The highest BCUT2D eigenvalue weighted by molar-refractivity contribution is 5.99. The molecule has 21 heavy (non-hydrogen) atoms. The van der Waals surface area contributed by atoms with Crippen molar-refractivity contribution in [1.29, 1.82) is 0 Å². The molecule has 0 aromatic heterocycles. The van der Waals surface area contributed by atoms with Gasteiger partial charge in [0, 0.05) is 17.4 Å². The van der Waals surface area contributed by atoms with Crippen LogP contribution in [-0.2, 0) is 0 Å². The van der Waals surface area contributed by atoms with Crippen LogP contribution in [0.1, 0.15) is 44.0 Å². The van der Waals surface area contributed by atoms with E-state index in [4.69, 9.17) is 11.5 Å². The number of primary amides is 1. The van der Waals surface area contributed by atoms with Gasteiger partial charge in [-0.1, -0.05) is 13.8 Å². The van der Waals surface area contributed by atoms with Gasteiger partial charge in [-0.3, -0.25) is 4.79 Å². The number of nitrogens with one attached hydrogen (secondary N) is 1. The Morgan fingerprint density at radius 3 is 2.57 bits per heavy atom. The van der Waals surface area contributed by atoms with Gasteiger partial charge in [-0.05, 0) is 57.6 Å². The molecule has 0 bridgehead atoms. The molecule has 0 saturated heterocycles. The van der Waals surface area contributed by atoms with Crippen LogP contribution >= 0.6 is 0 Å². The van der Waals surface area contributed by atoms with Crippen LogP contribution < -0.4 is 16.8 Å². The largest absolute Gasteiger partial charge is 0.399 e. The van der Waals surface area contributed by atoms with Crippen LogP contribution in [0.25, 0.3) is 0 Å². The lowest BCUT2D eigenvalue weighted by Crippen LogP contribution is -2.26. The van der Waals surface area contributed by atoms with Crippen LogP contribution in [0.5, 0.6) is 0 Å². The first kappa shape index (κ1) is 17.3. The van der Waals surface area contributed by atoms with E-state index in [0.29, 0.717) is 11.3 Å². The van der Waals surface area contributed by atoms with Gasteiger partial charge >= 0.3 is 0 Å². The van der Waals surface area contributed by atoms with E-state index in [0.717, 1.165) is 38.2 Å². The van der Waals surface area contributed by atoms with E-state index in [1.54, 1.807) is 12.1 Å². The summed E-state index contributed by atoms with van der Waals surface area (Å²) >= 11 is 0. The fraction of sp³-hybridized carbons (Fsp3) is 0.562. The summed E-state index contributed by atoms with van der Waals surface area (Å²) in [7, 11) is 0. The molecule has 5 N–H and O–H groups in total. The summed E-state index contributed by atoms with van der Waals surface area (Å²) in [6.07, 6.45) is 2.16. The molecule has 0 fully saturated rings. The van der Waals surface area contributed by atoms with Gasteiger partial charge in [-0.25, -0.2) is 0 Å². The third kappa shape index (κ3) is 5.63. The molecule has 0 spiro atoms. The molecule has 5 nitrogen and oxygen atoms in total. The van der Waals surface area contributed by atoms with Gasteiger partial charge in [0.15, 0.2) is 0 Å². The second kappa shape index (κ2) is 8.52. The van der Waals surface area contributed by atoms with Gasteiger partial charge in [-0.15, -0.1) is 0 Å². The fourth-order valence-corrected chi connectivity index (χ4v) is 2.39. The molecular weight excluding hydrogens is 264 g/mol. The van der Waals surface area contributed by atoms with Crippen LogP contribution in [0.2, 0.25) is 0 Å². The highest BCUT2D eigenvalue weighted by atomic mass is 16.1. The van der Waals surface area contributed by atoms with Crippen molar-refractivity contribution in [3.8, 4) is 0 Å². The Kier molecular flexibility index (Phi) is 7.02. The van der Waals surface area contributed by atoms with Crippen molar-refractivity contribution >= 4 is 17.3 Å². The third-order valence-electron chi connectivity index (χ3n) is 3.72. The van der Waals surface area contributed by atoms with Crippen molar-refractivity contribution in [2.45, 2.75) is 39.7 Å². The minimum atomic E-state index is -0.458. The zero-order valence-corrected chi connectivity index (χ0v) is 13.4. The van der Waals surface area contributed by atoms with Gasteiger partial charge in [0.1, 0.15) is 0 Å². The number of rotatable bonds is 9. The van der Waals surface area contributed by atoms with Gasteiger partial charge in [0.05, 0.1) is 5.56 Å². The number of nitrogen functional groups attached to an aromatic ring is 1. The first-order valence-electron chi connectivity index (χ1n) is 7.66. The van der Waals surface area contributed by atoms with Crippen molar-refractivity contribution in [3.63, 3.8) is 0 Å². The molecule has 1 aromatic rings. The molecule has 0 radical (unpaired) electrons. The van der Waals surface area contributed by atoms with Crippen LogP contribution in [-0.4, -0.2) is 36.5 Å². The van der Waals surface area contributed by atoms with Crippen molar-refractivity contribution in [2.24, 2.45) is 5.73 Å². The number of carbonyl (C=O) groups is 1. The molecule has 1 atom stereocenters. The number of benzene rings is 1. The smallest absolute Gasteiger partial charge is 0.250 e. The Morgan fingerprint density at radius 2 is 2.00 bits per heavy atom. The van der Waals surface area contributed by atoms with E-state index in [-0.39, 0.29) is 6.04 Å². The van der Waals surface area contributed by atoms with Crippen LogP contribution in [0.4, 0.5) is 11.4 Å². The normalized spacial score (nSPS) is 12.4. The molecule has 1 amide bonds. The standard InChI is InChI=1S/C16H28N4O/c1-4-20(5-2)10-6-7-12(3)19-15-9-8-13(17)11-14(15)16(18)21/h8-9,11-12,19H,4-7,10,17H2,1-3H3,(H2,18,21). The molecule has 1 aromatic carbocycles. The summed E-state index contributed by atoms with van der Waals surface area (Å²) in [5, 5.41) is 3.35. The number of hydrogen-bond donors (Lipinski definition) is 3. The summed E-state index contributed by atoms with van der Waals surface area (Å²) in [5.41, 5.74) is 12.8. The summed E-state index contributed by atoms with van der Waals surface area (Å²) in [6.45, 7) is 9.74. The maximum atomic E-state index is 11.5. The van der Waals surface area contributed by atoms with Gasteiger partial charge < -0.3 is 21.7 Å². The van der Waals surface area contributed by atoms with E-state index in [1.807, 2.05) is 6.07 Å². The number of amides is 1. The molecule has 1 rings (SSSR count). The van der Waals surface area contributed by atoms with Gasteiger partial charge in [-0.2, -0.15) is 0 Å².